The Labute approximate surface area is 117 Å². The number of hydrogen-bond acceptors (Lipinski definition) is 6. The van der Waals surface area contributed by atoms with Gasteiger partial charge in [0.2, 0.25) is 15.9 Å². The van der Waals surface area contributed by atoms with Crippen molar-refractivity contribution in [3.63, 3.8) is 0 Å². The van der Waals surface area contributed by atoms with Crippen LogP contribution < -0.4 is 10.5 Å². The number of rotatable bonds is 5. The van der Waals surface area contributed by atoms with E-state index in [9.17, 15) is 8.42 Å². The lowest BCUT2D eigenvalue weighted by molar-refractivity contribution is 0.375. The van der Waals surface area contributed by atoms with E-state index in [0.29, 0.717) is 23.8 Å². The fourth-order valence-corrected chi connectivity index (χ4v) is 2.75. The van der Waals surface area contributed by atoms with Crippen LogP contribution in [0.3, 0.4) is 0 Å². The first-order chi connectivity index (χ1) is 9.38. The highest BCUT2D eigenvalue weighted by Gasteiger charge is 2.14. The summed E-state index contributed by atoms with van der Waals surface area (Å²) in [5, 5.41) is 3.63. The fraction of sp³-hybridized carbons (Fsp3) is 0.333. The molecule has 0 aliphatic heterocycles. The van der Waals surface area contributed by atoms with Gasteiger partial charge >= 0.3 is 0 Å². The molecule has 0 unspecified atom stereocenters. The van der Waals surface area contributed by atoms with Crippen molar-refractivity contribution in [2.75, 3.05) is 12.3 Å². The Bertz CT molecular complexity index is 709. The van der Waals surface area contributed by atoms with Crippen LogP contribution in [0.2, 0.25) is 0 Å². The van der Waals surface area contributed by atoms with Gasteiger partial charge in [-0.05, 0) is 37.6 Å². The van der Waals surface area contributed by atoms with E-state index in [0.717, 1.165) is 5.56 Å². The number of aryl methyl sites for hydroxylation is 2. The number of aromatic nitrogens is 2. The normalized spacial score (nSPS) is 11.7. The molecule has 1 aromatic carbocycles. The fourth-order valence-electron chi connectivity index (χ4n) is 1.63. The minimum atomic E-state index is -3.56. The van der Waals surface area contributed by atoms with Crippen molar-refractivity contribution < 1.29 is 12.9 Å². The van der Waals surface area contributed by atoms with Gasteiger partial charge in [-0.1, -0.05) is 5.16 Å². The van der Waals surface area contributed by atoms with Gasteiger partial charge in [-0.25, -0.2) is 13.1 Å². The second-order valence-electron chi connectivity index (χ2n) is 4.40. The Morgan fingerprint density at radius 2 is 2.10 bits per heavy atom. The van der Waals surface area contributed by atoms with E-state index in [1.165, 1.54) is 12.1 Å². The summed E-state index contributed by atoms with van der Waals surface area (Å²) in [5.74, 6) is 0.927. The summed E-state index contributed by atoms with van der Waals surface area (Å²) in [4.78, 5) is 4.19. The summed E-state index contributed by atoms with van der Waals surface area (Å²) in [7, 11) is -3.56. The third-order valence-corrected chi connectivity index (χ3v) is 4.21. The number of anilines is 1. The zero-order valence-corrected chi connectivity index (χ0v) is 12.1. The Morgan fingerprint density at radius 3 is 2.70 bits per heavy atom. The first-order valence-corrected chi connectivity index (χ1v) is 7.52. The average Bonchev–Trinajstić information content (AvgIpc) is 2.78. The molecule has 1 heterocycles. The van der Waals surface area contributed by atoms with Gasteiger partial charge in [0.15, 0.2) is 5.82 Å². The van der Waals surface area contributed by atoms with Crippen molar-refractivity contribution in [2.24, 2.45) is 0 Å². The molecule has 8 heteroatoms. The van der Waals surface area contributed by atoms with Gasteiger partial charge < -0.3 is 10.3 Å². The molecular weight excluding hydrogens is 280 g/mol. The molecule has 2 rings (SSSR count). The Hall–Kier alpha value is -1.93. The lowest BCUT2D eigenvalue weighted by Crippen LogP contribution is -2.26. The number of nitrogens with one attached hydrogen (secondary N) is 1. The van der Waals surface area contributed by atoms with Crippen LogP contribution in [0.25, 0.3) is 0 Å². The largest absolute Gasteiger partial charge is 0.399 e. The molecule has 7 nitrogen and oxygen atoms in total. The summed E-state index contributed by atoms with van der Waals surface area (Å²) >= 11 is 0. The molecule has 0 amide bonds. The predicted molar refractivity (Wildman–Crippen MR) is 73.5 cm³/mol. The molecule has 3 N–H and O–H groups in total. The molecule has 0 aliphatic rings. The highest BCUT2D eigenvalue weighted by molar-refractivity contribution is 7.89. The molecular formula is C12H16N4O3S. The third-order valence-electron chi connectivity index (χ3n) is 2.75. The number of nitrogen functional groups attached to an aromatic ring is 1. The Morgan fingerprint density at radius 1 is 1.35 bits per heavy atom. The number of hydrogen-bond donors (Lipinski definition) is 2. The molecule has 0 fully saturated rings. The van der Waals surface area contributed by atoms with Gasteiger partial charge in [-0.2, -0.15) is 4.98 Å². The van der Waals surface area contributed by atoms with Crippen LogP contribution in [0.1, 0.15) is 17.3 Å². The van der Waals surface area contributed by atoms with E-state index in [4.69, 9.17) is 10.3 Å². The van der Waals surface area contributed by atoms with Crippen molar-refractivity contribution in [3.8, 4) is 0 Å². The topological polar surface area (TPSA) is 111 Å². The minimum absolute atomic E-state index is 0.186. The molecule has 2 aromatic rings. The van der Waals surface area contributed by atoms with Crippen molar-refractivity contribution in [3.05, 3.63) is 35.5 Å². The van der Waals surface area contributed by atoms with Gasteiger partial charge in [0.05, 0.1) is 4.90 Å². The maximum absolute atomic E-state index is 12.1. The number of nitrogens with zero attached hydrogens (tertiary/aromatic N) is 2. The van der Waals surface area contributed by atoms with E-state index in [2.05, 4.69) is 14.9 Å². The van der Waals surface area contributed by atoms with Crippen LogP contribution in [0.5, 0.6) is 0 Å². The molecule has 108 valence electrons. The second kappa shape index (κ2) is 5.59. The van der Waals surface area contributed by atoms with Crippen molar-refractivity contribution in [1.82, 2.24) is 14.9 Å². The maximum atomic E-state index is 12.1. The molecule has 0 bridgehead atoms. The molecule has 0 saturated carbocycles. The molecule has 0 spiro atoms. The van der Waals surface area contributed by atoms with Gasteiger partial charge in [0, 0.05) is 18.7 Å². The monoisotopic (exact) mass is 296 g/mol. The summed E-state index contributed by atoms with van der Waals surface area (Å²) in [5.41, 5.74) is 6.95. The van der Waals surface area contributed by atoms with Crippen LogP contribution >= 0.6 is 0 Å². The van der Waals surface area contributed by atoms with E-state index in [1.54, 1.807) is 19.9 Å². The molecule has 0 aliphatic carbocycles. The Kier molecular flexibility index (Phi) is 4.05. The molecule has 1 aromatic heterocycles. The number of sulfonamides is 1. The second-order valence-corrected chi connectivity index (χ2v) is 6.17. The van der Waals surface area contributed by atoms with E-state index in [-0.39, 0.29) is 11.4 Å². The van der Waals surface area contributed by atoms with Crippen LogP contribution in [0.4, 0.5) is 5.69 Å². The molecule has 20 heavy (non-hydrogen) atoms. The first kappa shape index (κ1) is 14.5. The predicted octanol–water partition coefficient (Wildman–Crippen LogP) is 0.790. The number of benzene rings is 1. The lowest BCUT2D eigenvalue weighted by Gasteiger charge is -2.07. The summed E-state index contributed by atoms with van der Waals surface area (Å²) in [6.45, 7) is 3.65. The van der Waals surface area contributed by atoms with Crippen molar-refractivity contribution in [2.45, 2.75) is 25.2 Å². The zero-order valence-electron chi connectivity index (χ0n) is 11.3. The summed E-state index contributed by atoms with van der Waals surface area (Å²) in [6.07, 6.45) is 0.341. The summed E-state index contributed by atoms with van der Waals surface area (Å²) in [6, 6.07) is 4.58. The molecule has 0 radical (unpaired) electrons. The van der Waals surface area contributed by atoms with Crippen molar-refractivity contribution in [1.29, 1.82) is 0 Å². The van der Waals surface area contributed by atoms with Gasteiger partial charge in [0.1, 0.15) is 0 Å². The zero-order chi connectivity index (χ0) is 14.8. The minimum Gasteiger partial charge on any atom is -0.399 e. The van der Waals surface area contributed by atoms with Gasteiger partial charge in [0.25, 0.3) is 0 Å². The van der Waals surface area contributed by atoms with Crippen LogP contribution in [-0.2, 0) is 16.4 Å². The van der Waals surface area contributed by atoms with E-state index >= 15 is 0 Å². The third kappa shape index (κ3) is 3.34. The molecule has 0 saturated heterocycles. The molecule has 0 atom stereocenters. The van der Waals surface area contributed by atoms with E-state index < -0.39 is 10.0 Å². The quantitative estimate of drug-likeness (QED) is 0.789. The van der Waals surface area contributed by atoms with Crippen LogP contribution in [0.15, 0.2) is 27.6 Å². The van der Waals surface area contributed by atoms with Crippen LogP contribution in [0, 0.1) is 13.8 Å². The van der Waals surface area contributed by atoms with Gasteiger partial charge in [-0.15, -0.1) is 0 Å². The van der Waals surface area contributed by atoms with Gasteiger partial charge in [-0.3, -0.25) is 0 Å². The SMILES string of the molecule is Cc1noc(CCNS(=O)(=O)c2ccc(N)c(C)c2)n1. The smallest absolute Gasteiger partial charge is 0.240 e. The van der Waals surface area contributed by atoms with Crippen LogP contribution in [-0.4, -0.2) is 25.1 Å². The highest BCUT2D eigenvalue weighted by Crippen LogP contribution is 2.16. The first-order valence-electron chi connectivity index (χ1n) is 6.03. The maximum Gasteiger partial charge on any atom is 0.240 e. The van der Waals surface area contributed by atoms with Crippen molar-refractivity contribution >= 4 is 15.7 Å². The standard InChI is InChI=1S/C12H16N4O3S/c1-8-7-10(3-4-11(8)13)20(17,18)14-6-5-12-15-9(2)16-19-12/h3-4,7,14H,5-6,13H2,1-2H3. The summed E-state index contributed by atoms with van der Waals surface area (Å²) < 4.78 is 31.5. The highest BCUT2D eigenvalue weighted by atomic mass is 32.2. The van der Waals surface area contributed by atoms with E-state index in [1.807, 2.05) is 0 Å². The number of nitrogens with two attached hydrogens (primary N) is 1. The lowest BCUT2D eigenvalue weighted by atomic mass is 10.2. The average molecular weight is 296 g/mol. The Balaban J connectivity index is 2.02.